The Hall–Kier alpha value is -2.62. The summed E-state index contributed by atoms with van der Waals surface area (Å²) in [5.74, 6) is 0.495. The van der Waals surface area contributed by atoms with Crippen molar-refractivity contribution in [3.63, 3.8) is 0 Å². The van der Waals surface area contributed by atoms with E-state index in [0.717, 1.165) is 71.9 Å². The van der Waals surface area contributed by atoms with Gasteiger partial charge in [-0.3, -0.25) is 19.2 Å². The summed E-state index contributed by atoms with van der Waals surface area (Å²) in [7, 11) is 0. The Kier molecular flexibility index (Phi) is 8.57. The topological polar surface area (TPSA) is 68.3 Å². The van der Waals surface area contributed by atoms with Crippen molar-refractivity contribution in [2.75, 3.05) is 0 Å². The maximum atomic E-state index is 13.3. The van der Waals surface area contributed by atoms with Crippen LogP contribution in [0, 0.1) is 24.7 Å². The van der Waals surface area contributed by atoms with E-state index in [1.165, 1.54) is 6.92 Å². The predicted octanol–water partition coefficient (Wildman–Crippen LogP) is 6.42. The van der Waals surface area contributed by atoms with Gasteiger partial charge in [0.25, 0.3) is 0 Å². The zero-order valence-corrected chi connectivity index (χ0v) is 21.3. The number of Topliss-reactive ketones (excluding diaryl/α,β-unsaturated/α-hetero) is 4. The molecule has 0 bridgehead atoms. The molecule has 182 valence electrons. The summed E-state index contributed by atoms with van der Waals surface area (Å²) in [4.78, 5) is 49.7. The molecule has 0 aliphatic heterocycles. The third-order valence-corrected chi connectivity index (χ3v) is 7.59. The van der Waals surface area contributed by atoms with Crippen LogP contribution in [0.15, 0.2) is 29.9 Å². The molecule has 2 aliphatic carbocycles. The molecule has 0 aromatic heterocycles. The first-order valence-electron chi connectivity index (χ1n) is 12.8. The van der Waals surface area contributed by atoms with Gasteiger partial charge in [0, 0.05) is 23.5 Å². The number of hydrogen-bond donors (Lipinski definition) is 0. The van der Waals surface area contributed by atoms with Crippen molar-refractivity contribution in [1.82, 2.24) is 0 Å². The molecule has 0 saturated heterocycles. The Morgan fingerprint density at radius 1 is 1.09 bits per heavy atom. The normalized spacial score (nSPS) is 19.2. The summed E-state index contributed by atoms with van der Waals surface area (Å²) in [6.45, 7) is 9.22. The quantitative estimate of drug-likeness (QED) is 0.356. The van der Waals surface area contributed by atoms with Crippen LogP contribution in [-0.4, -0.2) is 23.1 Å². The van der Waals surface area contributed by atoms with E-state index in [-0.39, 0.29) is 47.3 Å². The summed E-state index contributed by atoms with van der Waals surface area (Å²) in [5, 5.41) is 0. The lowest BCUT2D eigenvalue weighted by atomic mass is 9.71. The second kappa shape index (κ2) is 11.2. The minimum atomic E-state index is -0.115. The minimum absolute atomic E-state index is 0.0140. The van der Waals surface area contributed by atoms with E-state index >= 15 is 0 Å². The van der Waals surface area contributed by atoms with Gasteiger partial charge in [0.15, 0.2) is 11.6 Å². The molecule has 0 saturated carbocycles. The van der Waals surface area contributed by atoms with Crippen molar-refractivity contribution in [3.8, 4) is 0 Å². The Labute approximate surface area is 203 Å². The highest BCUT2D eigenvalue weighted by atomic mass is 16.1. The summed E-state index contributed by atoms with van der Waals surface area (Å²) < 4.78 is 0. The van der Waals surface area contributed by atoms with E-state index in [4.69, 9.17) is 0 Å². The molecule has 0 radical (unpaired) electrons. The van der Waals surface area contributed by atoms with Crippen LogP contribution >= 0.6 is 0 Å². The molecule has 4 heteroatoms. The van der Waals surface area contributed by atoms with Gasteiger partial charge in [-0.1, -0.05) is 51.0 Å². The first kappa shape index (κ1) is 26.0. The van der Waals surface area contributed by atoms with Crippen LogP contribution in [0.2, 0.25) is 0 Å². The SMILES string of the molecule is CCCC(CC1CC(=O)c2c(ccc(C3=C(C(C)=O)C=CC3)c2C)C1)C(CC)C(=O)CC(C)=O. The summed E-state index contributed by atoms with van der Waals surface area (Å²) in [6, 6.07) is 4.14. The highest BCUT2D eigenvalue weighted by Crippen LogP contribution is 2.39. The van der Waals surface area contributed by atoms with Gasteiger partial charge >= 0.3 is 0 Å². The van der Waals surface area contributed by atoms with E-state index in [1.807, 2.05) is 26.0 Å². The number of carbonyl (C=O) groups excluding carboxylic acids is 4. The van der Waals surface area contributed by atoms with Crippen LogP contribution in [0.4, 0.5) is 0 Å². The number of rotatable bonds is 11. The fourth-order valence-corrected chi connectivity index (χ4v) is 6.14. The fourth-order valence-electron chi connectivity index (χ4n) is 6.14. The number of fused-ring (bicyclic) bond motifs is 1. The number of benzene rings is 1. The molecule has 34 heavy (non-hydrogen) atoms. The van der Waals surface area contributed by atoms with Gasteiger partial charge in [-0.15, -0.1) is 0 Å². The third kappa shape index (κ3) is 5.54. The van der Waals surface area contributed by atoms with Gasteiger partial charge in [0.05, 0.1) is 6.42 Å². The number of hydrogen-bond acceptors (Lipinski definition) is 4. The molecular weight excluding hydrogens is 424 g/mol. The average molecular weight is 463 g/mol. The minimum Gasteiger partial charge on any atom is -0.300 e. The van der Waals surface area contributed by atoms with E-state index in [9.17, 15) is 19.2 Å². The van der Waals surface area contributed by atoms with Gasteiger partial charge in [0.2, 0.25) is 0 Å². The first-order valence-corrected chi connectivity index (χ1v) is 12.8. The largest absolute Gasteiger partial charge is 0.300 e. The van der Waals surface area contributed by atoms with E-state index in [0.29, 0.717) is 6.42 Å². The molecule has 0 N–H and O–H groups in total. The average Bonchev–Trinajstić information content (AvgIpc) is 3.23. The second-order valence-corrected chi connectivity index (χ2v) is 10.2. The molecular formula is C30H38O4. The summed E-state index contributed by atoms with van der Waals surface area (Å²) in [5.41, 5.74) is 5.64. The maximum Gasteiger partial charge on any atom is 0.163 e. The highest BCUT2D eigenvalue weighted by Gasteiger charge is 2.33. The number of ketones is 4. The lowest BCUT2D eigenvalue weighted by molar-refractivity contribution is -0.130. The van der Waals surface area contributed by atoms with Crippen molar-refractivity contribution in [2.24, 2.45) is 17.8 Å². The van der Waals surface area contributed by atoms with Crippen LogP contribution in [-0.2, 0) is 20.8 Å². The van der Waals surface area contributed by atoms with Crippen LogP contribution in [0.1, 0.15) is 99.7 Å². The number of carbonyl (C=O) groups is 4. The van der Waals surface area contributed by atoms with Crippen molar-refractivity contribution in [3.05, 3.63) is 52.1 Å². The van der Waals surface area contributed by atoms with Gasteiger partial charge in [0.1, 0.15) is 11.6 Å². The molecule has 0 heterocycles. The van der Waals surface area contributed by atoms with Crippen molar-refractivity contribution < 1.29 is 19.2 Å². The van der Waals surface area contributed by atoms with E-state index < -0.39 is 0 Å². The van der Waals surface area contributed by atoms with Crippen LogP contribution < -0.4 is 0 Å². The number of allylic oxidation sites excluding steroid dienone is 4. The maximum absolute atomic E-state index is 13.3. The lowest BCUT2D eigenvalue weighted by Gasteiger charge is -2.32. The molecule has 2 aliphatic rings. The summed E-state index contributed by atoms with van der Waals surface area (Å²) >= 11 is 0. The van der Waals surface area contributed by atoms with E-state index in [1.54, 1.807) is 6.92 Å². The van der Waals surface area contributed by atoms with Crippen molar-refractivity contribution >= 4 is 28.7 Å². The molecule has 3 rings (SSSR count). The molecule has 3 unspecified atom stereocenters. The molecule has 3 atom stereocenters. The zero-order chi connectivity index (χ0) is 25.0. The fraction of sp³-hybridized carbons (Fsp3) is 0.533. The Bertz CT molecular complexity index is 1060. The molecule has 0 spiro atoms. The lowest BCUT2D eigenvalue weighted by Crippen LogP contribution is -2.30. The second-order valence-electron chi connectivity index (χ2n) is 10.2. The smallest absolute Gasteiger partial charge is 0.163 e. The molecule has 1 aromatic rings. The van der Waals surface area contributed by atoms with Crippen molar-refractivity contribution in [1.29, 1.82) is 0 Å². The van der Waals surface area contributed by atoms with Gasteiger partial charge in [-0.25, -0.2) is 0 Å². The third-order valence-electron chi connectivity index (χ3n) is 7.59. The Morgan fingerprint density at radius 2 is 1.82 bits per heavy atom. The van der Waals surface area contributed by atoms with Crippen LogP contribution in [0.25, 0.3) is 5.57 Å². The first-order chi connectivity index (χ1) is 16.2. The Balaban J connectivity index is 1.85. The van der Waals surface area contributed by atoms with E-state index in [2.05, 4.69) is 19.1 Å². The standard InChI is InChI=1S/C30H38O4/c1-6-9-22(24(7-2)28(33)14-18(3)31)15-21-16-23-12-13-25(19(4)30(23)29(34)17-21)27-11-8-10-26(27)20(5)32/h8,10,12-13,21-22,24H,6-7,9,11,14-17H2,1-5H3. The highest BCUT2D eigenvalue weighted by molar-refractivity contribution is 6.07. The van der Waals surface area contributed by atoms with Crippen LogP contribution in [0.3, 0.4) is 0 Å². The zero-order valence-electron chi connectivity index (χ0n) is 21.3. The molecule has 0 amide bonds. The summed E-state index contributed by atoms with van der Waals surface area (Å²) in [6.07, 6.45) is 9.44. The molecule has 0 fully saturated rings. The Morgan fingerprint density at radius 3 is 2.44 bits per heavy atom. The van der Waals surface area contributed by atoms with Gasteiger partial charge < -0.3 is 0 Å². The monoisotopic (exact) mass is 462 g/mol. The molecule has 1 aromatic carbocycles. The van der Waals surface area contributed by atoms with Crippen LogP contribution in [0.5, 0.6) is 0 Å². The molecule has 4 nitrogen and oxygen atoms in total. The van der Waals surface area contributed by atoms with Gasteiger partial charge in [-0.2, -0.15) is 0 Å². The predicted molar refractivity (Wildman–Crippen MR) is 136 cm³/mol. The van der Waals surface area contributed by atoms with Gasteiger partial charge in [-0.05, 0) is 80.6 Å². The van der Waals surface area contributed by atoms with Crippen molar-refractivity contribution in [2.45, 2.75) is 86.0 Å².